The summed E-state index contributed by atoms with van der Waals surface area (Å²) in [5.41, 5.74) is 5.68. The van der Waals surface area contributed by atoms with E-state index in [2.05, 4.69) is 0 Å². The number of hydrogen-bond acceptors (Lipinski definition) is 4. The van der Waals surface area contributed by atoms with Crippen LogP contribution < -0.4 is 5.73 Å². The maximum absolute atomic E-state index is 12.4. The topological polar surface area (TPSA) is 87.2 Å². The predicted molar refractivity (Wildman–Crippen MR) is 75.5 cm³/mol. The molecule has 0 saturated carbocycles. The Balaban J connectivity index is 3.31. The Hall–Kier alpha value is -1.000. The van der Waals surface area contributed by atoms with Gasteiger partial charge in [-0.1, -0.05) is 30.1 Å². The van der Waals surface area contributed by atoms with Gasteiger partial charge in [0.2, 0.25) is 10.0 Å². The molecule has 0 aliphatic heterocycles. The number of nitrogen functional groups attached to an aromatic ring is 1. The van der Waals surface area contributed by atoms with Crippen LogP contribution in [0.4, 0.5) is 5.69 Å². The van der Waals surface area contributed by atoms with Crippen molar-refractivity contribution in [3.05, 3.63) is 22.2 Å². The van der Waals surface area contributed by atoms with E-state index in [0.29, 0.717) is 0 Å². The Morgan fingerprint density at radius 2 is 2.05 bits per heavy atom. The van der Waals surface area contributed by atoms with Crippen molar-refractivity contribution in [1.29, 1.82) is 5.26 Å². The van der Waals surface area contributed by atoms with E-state index >= 15 is 0 Å². The number of benzene rings is 1. The first-order valence-corrected chi connectivity index (χ1v) is 7.65. The third kappa shape index (κ3) is 3.51. The molecule has 0 bridgehead atoms. The van der Waals surface area contributed by atoms with Gasteiger partial charge in [-0.3, -0.25) is 0 Å². The average Bonchev–Trinajstić information content (AvgIpc) is 2.27. The summed E-state index contributed by atoms with van der Waals surface area (Å²) in [5.74, 6) is 0. The van der Waals surface area contributed by atoms with Gasteiger partial charge in [-0.15, -0.1) is 0 Å². The van der Waals surface area contributed by atoms with Crippen LogP contribution in [-0.4, -0.2) is 25.8 Å². The second-order valence-corrected chi connectivity index (χ2v) is 6.43. The monoisotopic (exact) mass is 321 g/mol. The molecule has 104 valence electrons. The molecular weight excluding hydrogens is 309 g/mol. The van der Waals surface area contributed by atoms with Crippen LogP contribution in [0, 0.1) is 11.3 Å². The highest BCUT2D eigenvalue weighted by atomic mass is 35.5. The first-order valence-electron chi connectivity index (χ1n) is 5.46. The predicted octanol–water partition coefficient (Wildman–Crippen LogP) is 2.50. The molecule has 19 heavy (non-hydrogen) atoms. The molecule has 0 unspecified atom stereocenters. The van der Waals surface area contributed by atoms with E-state index in [1.165, 1.54) is 12.1 Å². The van der Waals surface area contributed by atoms with E-state index in [9.17, 15) is 8.42 Å². The standard InChI is InChI=1S/C11H13Cl2N3O2S/c1-2-16(5-3-4-14)19(17,18)11-9(13)6-8(12)7-10(11)15/h6-7H,2-3,5,15H2,1H3. The number of halogens is 2. The van der Waals surface area contributed by atoms with Crippen molar-refractivity contribution >= 4 is 38.9 Å². The van der Waals surface area contributed by atoms with Gasteiger partial charge in [-0.05, 0) is 12.1 Å². The van der Waals surface area contributed by atoms with E-state index in [-0.39, 0.29) is 40.1 Å². The van der Waals surface area contributed by atoms with Crippen LogP contribution >= 0.6 is 23.2 Å². The SMILES string of the molecule is CCN(CCC#N)S(=O)(=O)c1c(N)cc(Cl)cc1Cl. The van der Waals surface area contributed by atoms with Crippen LogP contribution in [-0.2, 0) is 10.0 Å². The summed E-state index contributed by atoms with van der Waals surface area (Å²) < 4.78 is 26.0. The number of sulfonamides is 1. The van der Waals surface area contributed by atoms with Crippen LogP contribution in [0.2, 0.25) is 10.0 Å². The molecule has 0 spiro atoms. The molecule has 0 aliphatic rings. The lowest BCUT2D eigenvalue weighted by Gasteiger charge is -2.21. The zero-order valence-corrected chi connectivity index (χ0v) is 12.6. The normalized spacial score (nSPS) is 11.5. The van der Waals surface area contributed by atoms with Crippen molar-refractivity contribution in [3.63, 3.8) is 0 Å². The molecule has 5 nitrogen and oxygen atoms in total. The Kier molecular flexibility index (Phi) is 5.44. The minimum atomic E-state index is -3.83. The number of rotatable bonds is 5. The van der Waals surface area contributed by atoms with Gasteiger partial charge in [-0.25, -0.2) is 8.42 Å². The molecular formula is C11H13Cl2N3O2S. The van der Waals surface area contributed by atoms with Crippen molar-refractivity contribution in [1.82, 2.24) is 4.31 Å². The molecule has 2 N–H and O–H groups in total. The largest absolute Gasteiger partial charge is 0.398 e. The molecule has 0 fully saturated rings. The second-order valence-electron chi connectivity index (χ2n) is 3.71. The maximum atomic E-state index is 12.4. The number of nitrogens with zero attached hydrogens (tertiary/aromatic N) is 2. The Bertz CT molecular complexity index is 588. The van der Waals surface area contributed by atoms with E-state index in [1.54, 1.807) is 6.92 Å². The third-order valence-corrected chi connectivity index (χ3v) is 5.18. The van der Waals surface area contributed by atoms with Crippen molar-refractivity contribution in [2.75, 3.05) is 18.8 Å². The quantitative estimate of drug-likeness (QED) is 0.844. The zero-order valence-electron chi connectivity index (χ0n) is 10.2. The second kappa shape index (κ2) is 6.44. The zero-order chi connectivity index (χ0) is 14.6. The third-order valence-electron chi connectivity index (χ3n) is 2.46. The Labute approximate surface area is 122 Å². The van der Waals surface area contributed by atoms with Crippen LogP contribution in [0.15, 0.2) is 17.0 Å². The van der Waals surface area contributed by atoms with Crippen molar-refractivity contribution in [3.8, 4) is 6.07 Å². The minimum absolute atomic E-state index is 0.00657. The van der Waals surface area contributed by atoms with Crippen LogP contribution in [0.3, 0.4) is 0 Å². The van der Waals surface area contributed by atoms with Crippen molar-refractivity contribution in [2.24, 2.45) is 0 Å². The fourth-order valence-corrected chi connectivity index (χ4v) is 4.00. The lowest BCUT2D eigenvalue weighted by atomic mass is 10.3. The van der Waals surface area contributed by atoms with Crippen LogP contribution in [0.25, 0.3) is 0 Å². The van der Waals surface area contributed by atoms with Crippen LogP contribution in [0.5, 0.6) is 0 Å². The summed E-state index contributed by atoms with van der Waals surface area (Å²) in [6.07, 6.45) is 0.0954. The fourth-order valence-electron chi connectivity index (χ4n) is 1.60. The lowest BCUT2D eigenvalue weighted by molar-refractivity contribution is 0.435. The highest BCUT2D eigenvalue weighted by Gasteiger charge is 2.28. The van der Waals surface area contributed by atoms with Crippen molar-refractivity contribution in [2.45, 2.75) is 18.2 Å². The molecule has 0 atom stereocenters. The first-order chi connectivity index (χ1) is 8.84. The molecule has 1 aromatic carbocycles. The van der Waals surface area contributed by atoms with Gasteiger partial charge in [0.15, 0.2) is 0 Å². The lowest BCUT2D eigenvalue weighted by Crippen LogP contribution is -2.32. The summed E-state index contributed by atoms with van der Waals surface area (Å²) in [6, 6.07) is 4.56. The van der Waals surface area contributed by atoms with Gasteiger partial charge in [0.1, 0.15) is 4.90 Å². The molecule has 0 aromatic heterocycles. The number of anilines is 1. The summed E-state index contributed by atoms with van der Waals surface area (Å²) in [4.78, 5) is -0.168. The van der Waals surface area contributed by atoms with E-state index in [4.69, 9.17) is 34.2 Å². The molecule has 0 saturated heterocycles. The first kappa shape index (κ1) is 16.1. The molecule has 8 heteroatoms. The summed E-state index contributed by atoms with van der Waals surface area (Å²) >= 11 is 11.7. The van der Waals surface area contributed by atoms with Gasteiger partial charge < -0.3 is 5.73 Å². The number of hydrogen-bond donors (Lipinski definition) is 1. The number of nitriles is 1. The van der Waals surface area contributed by atoms with Crippen LogP contribution in [0.1, 0.15) is 13.3 Å². The number of nitrogens with two attached hydrogens (primary N) is 1. The summed E-state index contributed by atoms with van der Waals surface area (Å²) in [7, 11) is -3.83. The van der Waals surface area contributed by atoms with E-state index in [0.717, 1.165) is 4.31 Å². The maximum Gasteiger partial charge on any atom is 0.246 e. The van der Waals surface area contributed by atoms with Gasteiger partial charge in [0.05, 0.1) is 16.8 Å². The Morgan fingerprint density at radius 3 is 2.53 bits per heavy atom. The summed E-state index contributed by atoms with van der Waals surface area (Å²) in [5, 5.41) is 8.79. The molecule has 0 amide bonds. The molecule has 0 heterocycles. The highest BCUT2D eigenvalue weighted by Crippen LogP contribution is 2.33. The molecule has 1 rings (SSSR count). The summed E-state index contributed by atoms with van der Waals surface area (Å²) in [6.45, 7) is 1.99. The fraction of sp³-hybridized carbons (Fsp3) is 0.364. The van der Waals surface area contributed by atoms with Gasteiger partial charge in [0, 0.05) is 24.5 Å². The van der Waals surface area contributed by atoms with Gasteiger partial charge in [0.25, 0.3) is 0 Å². The average molecular weight is 322 g/mol. The minimum Gasteiger partial charge on any atom is -0.398 e. The van der Waals surface area contributed by atoms with Crippen molar-refractivity contribution < 1.29 is 8.42 Å². The Morgan fingerprint density at radius 1 is 1.42 bits per heavy atom. The molecule has 1 aromatic rings. The highest BCUT2D eigenvalue weighted by molar-refractivity contribution is 7.89. The van der Waals surface area contributed by atoms with E-state index < -0.39 is 10.0 Å². The van der Waals surface area contributed by atoms with Gasteiger partial charge >= 0.3 is 0 Å². The van der Waals surface area contributed by atoms with E-state index in [1.807, 2.05) is 6.07 Å². The van der Waals surface area contributed by atoms with Gasteiger partial charge in [-0.2, -0.15) is 9.57 Å². The molecule has 0 aliphatic carbocycles. The smallest absolute Gasteiger partial charge is 0.246 e. The molecule has 0 radical (unpaired) electrons.